The zero-order chi connectivity index (χ0) is 15.3. The predicted molar refractivity (Wildman–Crippen MR) is 85.7 cm³/mol. The van der Waals surface area contributed by atoms with Crippen molar-refractivity contribution in [3.63, 3.8) is 0 Å². The molecule has 0 amide bonds. The Kier molecular flexibility index (Phi) is 5.23. The highest BCUT2D eigenvalue weighted by Gasteiger charge is 2.33. The number of likely N-dealkylation sites (N-methyl/N-ethyl adjacent to an activating group) is 1. The molecular formula is C17H26N2O2. The second-order valence-corrected chi connectivity index (χ2v) is 5.90. The lowest BCUT2D eigenvalue weighted by Crippen LogP contribution is -2.50. The first-order valence-corrected chi connectivity index (χ1v) is 7.71. The number of nitrogens with one attached hydrogen (secondary N) is 1. The van der Waals surface area contributed by atoms with Crippen LogP contribution in [0.3, 0.4) is 0 Å². The quantitative estimate of drug-likeness (QED) is 0.845. The van der Waals surface area contributed by atoms with Gasteiger partial charge >= 0.3 is 5.97 Å². The van der Waals surface area contributed by atoms with Crippen LogP contribution < -0.4 is 10.2 Å². The standard InChI is InChI=1S/C17H26N2O2/c1-17(18-2,16(20)21-3)11-13-19-12-7-6-9-14-8-4-5-10-15(14)19/h4-5,8,10,18H,6-7,9,11-13H2,1-3H3. The summed E-state index contributed by atoms with van der Waals surface area (Å²) in [5, 5.41) is 3.11. The molecule has 0 fully saturated rings. The average Bonchev–Trinajstić information content (AvgIpc) is 2.74. The first-order valence-electron chi connectivity index (χ1n) is 7.71. The average molecular weight is 290 g/mol. The number of hydrogen-bond donors (Lipinski definition) is 1. The number of esters is 1. The van der Waals surface area contributed by atoms with E-state index in [1.54, 1.807) is 0 Å². The Balaban J connectivity index is 2.11. The van der Waals surface area contributed by atoms with Gasteiger partial charge < -0.3 is 15.0 Å². The van der Waals surface area contributed by atoms with Gasteiger partial charge in [0.2, 0.25) is 0 Å². The smallest absolute Gasteiger partial charge is 0.325 e. The molecule has 1 unspecified atom stereocenters. The summed E-state index contributed by atoms with van der Waals surface area (Å²) in [4.78, 5) is 14.4. The fourth-order valence-corrected chi connectivity index (χ4v) is 2.91. The number of carbonyl (C=O) groups excluding carboxylic acids is 1. The van der Waals surface area contributed by atoms with Gasteiger partial charge in [-0.05, 0) is 51.3 Å². The van der Waals surface area contributed by atoms with Gasteiger partial charge in [0.25, 0.3) is 0 Å². The van der Waals surface area contributed by atoms with E-state index in [4.69, 9.17) is 4.74 Å². The summed E-state index contributed by atoms with van der Waals surface area (Å²) in [6.45, 7) is 3.81. The molecule has 0 aliphatic carbocycles. The van der Waals surface area contributed by atoms with Gasteiger partial charge in [-0.25, -0.2) is 0 Å². The highest BCUT2D eigenvalue weighted by Crippen LogP contribution is 2.27. The van der Waals surface area contributed by atoms with E-state index in [9.17, 15) is 4.79 Å². The van der Waals surface area contributed by atoms with Gasteiger partial charge in [0.1, 0.15) is 5.54 Å². The first kappa shape index (κ1) is 15.8. The highest BCUT2D eigenvalue weighted by atomic mass is 16.5. The number of fused-ring (bicyclic) bond motifs is 1. The van der Waals surface area contributed by atoms with E-state index < -0.39 is 5.54 Å². The SMILES string of the molecule is CNC(C)(CCN1CCCCc2ccccc21)C(=O)OC. The van der Waals surface area contributed by atoms with Crippen molar-refractivity contribution in [2.24, 2.45) is 0 Å². The number of hydrogen-bond acceptors (Lipinski definition) is 4. The molecule has 4 nitrogen and oxygen atoms in total. The number of methoxy groups -OCH3 is 1. The minimum absolute atomic E-state index is 0.201. The Labute approximate surface area is 127 Å². The summed E-state index contributed by atoms with van der Waals surface area (Å²) in [6.07, 6.45) is 4.30. The van der Waals surface area contributed by atoms with Gasteiger partial charge in [-0.15, -0.1) is 0 Å². The van der Waals surface area contributed by atoms with E-state index in [1.807, 2.05) is 14.0 Å². The third kappa shape index (κ3) is 3.56. The lowest BCUT2D eigenvalue weighted by atomic mass is 9.97. The number of aryl methyl sites for hydroxylation is 1. The van der Waals surface area contributed by atoms with Crippen molar-refractivity contribution in [1.82, 2.24) is 5.32 Å². The molecule has 0 saturated heterocycles. The molecule has 116 valence electrons. The molecule has 0 radical (unpaired) electrons. The maximum atomic E-state index is 11.9. The van der Waals surface area contributed by atoms with Gasteiger partial charge in [-0.1, -0.05) is 18.2 Å². The summed E-state index contributed by atoms with van der Waals surface area (Å²) in [6, 6.07) is 8.60. The fourth-order valence-electron chi connectivity index (χ4n) is 2.91. The molecule has 0 bridgehead atoms. The van der Waals surface area contributed by atoms with Crippen LogP contribution in [0.15, 0.2) is 24.3 Å². The van der Waals surface area contributed by atoms with Gasteiger partial charge in [0.05, 0.1) is 7.11 Å². The molecule has 1 aliphatic rings. The molecular weight excluding hydrogens is 264 g/mol. The molecule has 0 aromatic heterocycles. The minimum Gasteiger partial charge on any atom is -0.468 e. The van der Waals surface area contributed by atoms with E-state index in [-0.39, 0.29) is 5.97 Å². The van der Waals surface area contributed by atoms with Crippen molar-refractivity contribution in [3.05, 3.63) is 29.8 Å². The Bertz CT molecular complexity index is 489. The molecule has 1 aliphatic heterocycles. The molecule has 1 N–H and O–H groups in total. The number of anilines is 1. The monoisotopic (exact) mass is 290 g/mol. The van der Waals surface area contributed by atoms with E-state index in [0.717, 1.165) is 25.9 Å². The van der Waals surface area contributed by atoms with Crippen LogP contribution in [0.2, 0.25) is 0 Å². The molecule has 21 heavy (non-hydrogen) atoms. The normalized spacial score (nSPS) is 17.6. The number of benzene rings is 1. The predicted octanol–water partition coefficient (Wildman–Crippen LogP) is 2.37. The summed E-state index contributed by atoms with van der Waals surface area (Å²) in [7, 11) is 3.26. The summed E-state index contributed by atoms with van der Waals surface area (Å²) in [5.74, 6) is -0.201. The third-order valence-corrected chi connectivity index (χ3v) is 4.53. The van der Waals surface area contributed by atoms with E-state index in [1.165, 1.54) is 31.2 Å². The lowest BCUT2D eigenvalue weighted by molar-refractivity contribution is -0.147. The van der Waals surface area contributed by atoms with E-state index in [0.29, 0.717) is 0 Å². The van der Waals surface area contributed by atoms with E-state index >= 15 is 0 Å². The summed E-state index contributed by atoms with van der Waals surface area (Å²) < 4.78 is 4.92. The molecule has 4 heteroatoms. The lowest BCUT2D eigenvalue weighted by Gasteiger charge is -2.31. The second-order valence-electron chi connectivity index (χ2n) is 5.90. The van der Waals surface area contributed by atoms with Gasteiger partial charge in [-0.2, -0.15) is 0 Å². The zero-order valence-electron chi connectivity index (χ0n) is 13.3. The molecule has 1 heterocycles. The number of carbonyl (C=O) groups is 1. The summed E-state index contributed by atoms with van der Waals surface area (Å²) >= 11 is 0. The third-order valence-electron chi connectivity index (χ3n) is 4.53. The Hall–Kier alpha value is -1.55. The van der Waals surface area contributed by atoms with Crippen LogP contribution >= 0.6 is 0 Å². The van der Waals surface area contributed by atoms with Crippen molar-refractivity contribution in [3.8, 4) is 0 Å². The topological polar surface area (TPSA) is 41.6 Å². The fraction of sp³-hybridized carbons (Fsp3) is 0.588. The van der Waals surface area contributed by atoms with Crippen LogP contribution in [0.25, 0.3) is 0 Å². The van der Waals surface area contributed by atoms with Crippen LogP contribution in [0.5, 0.6) is 0 Å². The number of nitrogens with zero attached hydrogens (tertiary/aromatic N) is 1. The van der Waals surface area contributed by atoms with Crippen molar-refractivity contribution >= 4 is 11.7 Å². The highest BCUT2D eigenvalue weighted by molar-refractivity contribution is 5.80. The molecule has 1 aromatic rings. The van der Waals surface area contributed by atoms with Crippen molar-refractivity contribution in [1.29, 1.82) is 0 Å². The maximum Gasteiger partial charge on any atom is 0.325 e. The number of para-hydroxylation sites is 1. The second kappa shape index (κ2) is 6.94. The Morgan fingerprint density at radius 1 is 1.38 bits per heavy atom. The first-order chi connectivity index (χ1) is 10.1. The molecule has 2 rings (SSSR count). The van der Waals surface area contributed by atoms with Crippen LogP contribution in [0.4, 0.5) is 5.69 Å². The van der Waals surface area contributed by atoms with Crippen molar-refractivity contribution < 1.29 is 9.53 Å². The molecule has 0 saturated carbocycles. The van der Waals surface area contributed by atoms with Crippen molar-refractivity contribution in [2.45, 2.75) is 38.1 Å². The maximum absolute atomic E-state index is 11.9. The van der Waals surface area contributed by atoms with Crippen LogP contribution in [0.1, 0.15) is 31.7 Å². The minimum atomic E-state index is -0.629. The van der Waals surface area contributed by atoms with E-state index in [2.05, 4.69) is 34.5 Å². The largest absolute Gasteiger partial charge is 0.468 e. The van der Waals surface area contributed by atoms with Gasteiger partial charge in [0, 0.05) is 18.8 Å². The summed E-state index contributed by atoms with van der Waals surface area (Å²) in [5.41, 5.74) is 2.10. The number of rotatable bonds is 5. The van der Waals surface area contributed by atoms with Crippen LogP contribution in [0, 0.1) is 0 Å². The van der Waals surface area contributed by atoms with Crippen LogP contribution in [-0.4, -0.2) is 38.8 Å². The number of ether oxygens (including phenoxy) is 1. The molecule has 1 aromatic carbocycles. The van der Waals surface area contributed by atoms with Crippen molar-refractivity contribution in [2.75, 3.05) is 32.1 Å². The Morgan fingerprint density at radius 3 is 2.86 bits per heavy atom. The van der Waals surface area contributed by atoms with Crippen LogP contribution in [-0.2, 0) is 16.0 Å². The molecule has 1 atom stereocenters. The molecule has 0 spiro atoms. The Morgan fingerprint density at radius 2 is 2.14 bits per heavy atom. The zero-order valence-corrected chi connectivity index (χ0v) is 13.3. The van der Waals surface area contributed by atoms with Gasteiger partial charge in [-0.3, -0.25) is 4.79 Å². The van der Waals surface area contributed by atoms with Gasteiger partial charge in [0.15, 0.2) is 0 Å².